The van der Waals surface area contributed by atoms with Gasteiger partial charge in [-0.3, -0.25) is 9.59 Å². The van der Waals surface area contributed by atoms with Gasteiger partial charge in [0.05, 0.1) is 12.9 Å². The number of nitrogens with one attached hydrogen (secondary N) is 1. The molecular formula is C23H26N4O3S. The minimum absolute atomic E-state index is 0.00473. The van der Waals surface area contributed by atoms with Crippen LogP contribution in [0.15, 0.2) is 47.6 Å². The summed E-state index contributed by atoms with van der Waals surface area (Å²) in [6, 6.07) is 12.9. The van der Waals surface area contributed by atoms with Crippen molar-refractivity contribution in [2.24, 2.45) is 7.05 Å². The third-order valence-electron chi connectivity index (χ3n) is 5.12. The number of aromatic nitrogens is 3. The quantitative estimate of drug-likeness (QED) is 0.402. The van der Waals surface area contributed by atoms with E-state index >= 15 is 0 Å². The predicted molar refractivity (Wildman–Crippen MR) is 122 cm³/mol. The molecule has 0 fully saturated rings. The standard InChI is InChI=1S/C23H26N4O3S/c1-15-6-5-7-19(16(15)2)24-22(29)13-12-21-25-26-23(27(21)3)31-14-20(28)17-8-10-18(30-4)11-9-17/h5-11H,12-14H2,1-4H3,(H,24,29). The van der Waals surface area contributed by atoms with Crippen LogP contribution in [-0.4, -0.2) is 39.3 Å². The maximum Gasteiger partial charge on any atom is 0.224 e. The van der Waals surface area contributed by atoms with Crippen LogP contribution in [0.3, 0.4) is 0 Å². The lowest BCUT2D eigenvalue weighted by atomic mass is 10.1. The molecule has 0 saturated heterocycles. The van der Waals surface area contributed by atoms with Gasteiger partial charge in [0, 0.05) is 31.1 Å². The molecule has 7 nitrogen and oxygen atoms in total. The summed E-state index contributed by atoms with van der Waals surface area (Å²) in [6.07, 6.45) is 0.766. The van der Waals surface area contributed by atoms with Gasteiger partial charge in [-0.05, 0) is 55.3 Å². The van der Waals surface area contributed by atoms with E-state index in [1.54, 1.807) is 31.4 Å². The fourth-order valence-corrected chi connectivity index (χ4v) is 3.83. The molecule has 1 N–H and O–H groups in total. The molecule has 0 saturated carbocycles. The van der Waals surface area contributed by atoms with E-state index in [1.165, 1.54) is 11.8 Å². The molecule has 0 unspecified atom stereocenters. The second-order valence-corrected chi connectivity index (χ2v) is 8.14. The SMILES string of the molecule is COc1ccc(C(=O)CSc2nnc(CCC(=O)Nc3cccc(C)c3C)n2C)cc1. The molecule has 31 heavy (non-hydrogen) atoms. The zero-order valence-electron chi connectivity index (χ0n) is 18.1. The third-order valence-corrected chi connectivity index (χ3v) is 6.14. The number of thioether (sulfide) groups is 1. The lowest BCUT2D eigenvalue weighted by Crippen LogP contribution is -2.14. The largest absolute Gasteiger partial charge is 0.497 e. The number of Topliss-reactive ketones (excluding diaryl/α,β-unsaturated/α-hetero) is 1. The summed E-state index contributed by atoms with van der Waals surface area (Å²) in [5.41, 5.74) is 3.65. The van der Waals surface area contributed by atoms with Crippen LogP contribution in [0.1, 0.15) is 33.7 Å². The molecule has 3 aromatic rings. The molecule has 162 valence electrons. The summed E-state index contributed by atoms with van der Waals surface area (Å²) < 4.78 is 6.94. The van der Waals surface area contributed by atoms with Crippen molar-refractivity contribution in [3.63, 3.8) is 0 Å². The lowest BCUT2D eigenvalue weighted by Gasteiger charge is -2.10. The smallest absolute Gasteiger partial charge is 0.224 e. The summed E-state index contributed by atoms with van der Waals surface area (Å²) in [5, 5.41) is 12.0. The van der Waals surface area contributed by atoms with E-state index in [2.05, 4.69) is 15.5 Å². The average Bonchev–Trinajstić information content (AvgIpc) is 3.13. The number of ether oxygens (including phenoxy) is 1. The highest BCUT2D eigenvalue weighted by atomic mass is 32.2. The van der Waals surface area contributed by atoms with Crippen LogP contribution in [-0.2, 0) is 18.3 Å². The van der Waals surface area contributed by atoms with E-state index < -0.39 is 0 Å². The minimum Gasteiger partial charge on any atom is -0.497 e. The molecule has 0 aliphatic heterocycles. The molecule has 0 aliphatic carbocycles. The van der Waals surface area contributed by atoms with E-state index in [4.69, 9.17) is 4.74 Å². The van der Waals surface area contributed by atoms with Gasteiger partial charge < -0.3 is 14.6 Å². The summed E-state index contributed by atoms with van der Waals surface area (Å²) in [7, 11) is 3.43. The number of amides is 1. The molecular weight excluding hydrogens is 412 g/mol. The summed E-state index contributed by atoms with van der Waals surface area (Å²) in [4.78, 5) is 24.8. The molecule has 1 heterocycles. The number of rotatable bonds is 9. The first-order valence-corrected chi connectivity index (χ1v) is 10.9. The van der Waals surface area contributed by atoms with Crippen LogP contribution in [0.25, 0.3) is 0 Å². The van der Waals surface area contributed by atoms with Crippen LogP contribution in [0, 0.1) is 13.8 Å². The Labute approximate surface area is 186 Å². The van der Waals surface area contributed by atoms with Gasteiger partial charge in [-0.2, -0.15) is 0 Å². The van der Waals surface area contributed by atoms with Crippen LogP contribution >= 0.6 is 11.8 Å². The first-order chi connectivity index (χ1) is 14.9. The van der Waals surface area contributed by atoms with Crippen molar-refractivity contribution >= 4 is 29.1 Å². The van der Waals surface area contributed by atoms with Crippen LogP contribution in [0.2, 0.25) is 0 Å². The van der Waals surface area contributed by atoms with Crippen molar-refractivity contribution in [3.05, 3.63) is 65.0 Å². The van der Waals surface area contributed by atoms with E-state index in [9.17, 15) is 9.59 Å². The number of benzene rings is 2. The first-order valence-electron chi connectivity index (χ1n) is 9.93. The van der Waals surface area contributed by atoms with Crippen molar-refractivity contribution < 1.29 is 14.3 Å². The lowest BCUT2D eigenvalue weighted by molar-refractivity contribution is -0.116. The van der Waals surface area contributed by atoms with E-state index in [1.807, 2.05) is 43.7 Å². The van der Waals surface area contributed by atoms with Gasteiger partial charge in [0.2, 0.25) is 5.91 Å². The number of anilines is 1. The van der Waals surface area contributed by atoms with Gasteiger partial charge in [0.25, 0.3) is 0 Å². The number of carbonyl (C=O) groups excluding carboxylic acids is 2. The van der Waals surface area contributed by atoms with Crippen LogP contribution in [0.5, 0.6) is 5.75 Å². The number of methoxy groups -OCH3 is 1. The van der Waals surface area contributed by atoms with Crippen LogP contribution < -0.4 is 10.1 Å². The molecule has 1 aromatic heterocycles. The molecule has 0 aliphatic rings. The highest BCUT2D eigenvalue weighted by Gasteiger charge is 2.14. The van der Waals surface area contributed by atoms with Crippen molar-refractivity contribution in [1.82, 2.24) is 14.8 Å². The van der Waals surface area contributed by atoms with Crippen molar-refractivity contribution in [3.8, 4) is 5.75 Å². The monoisotopic (exact) mass is 438 g/mol. The summed E-state index contributed by atoms with van der Waals surface area (Å²) in [6.45, 7) is 4.01. The fourth-order valence-electron chi connectivity index (χ4n) is 3.00. The summed E-state index contributed by atoms with van der Waals surface area (Å²) in [5.74, 6) is 1.61. The molecule has 3 rings (SSSR count). The zero-order valence-corrected chi connectivity index (χ0v) is 19.0. The third kappa shape index (κ3) is 5.73. The Bertz CT molecular complexity index is 1080. The molecule has 1 amide bonds. The second-order valence-electron chi connectivity index (χ2n) is 7.19. The Morgan fingerprint density at radius 2 is 1.84 bits per heavy atom. The molecule has 8 heteroatoms. The molecule has 0 spiro atoms. The number of nitrogens with zero attached hydrogens (tertiary/aromatic N) is 3. The maximum absolute atomic E-state index is 12.4. The molecule has 2 aromatic carbocycles. The average molecular weight is 439 g/mol. The highest BCUT2D eigenvalue weighted by molar-refractivity contribution is 7.99. The van der Waals surface area contributed by atoms with Gasteiger partial charge in [-0.15, -0.1) is 10.2 Å². The normalized spacial score (nSPS) is 10.7. The van der Waals surface area contributed by atoms with Crippen molar-refractivity contribution in [2.45, 2.75) is 31.8 Å². The van der Waals surface area contributed by atoms with E-state index in [0.717, 1.165) is 16.8 Å². The zero-order chi connectivity index (χ0) is 22.4. The minimum atomic E-state index is -0.0689. The van der Waals surface area contributed by atoms with Crippen LogP contribution in [0.4, 0.5) is 5.69 Å². The first kappa shape index (κ1) is 22.6. The van der Waals surface area contributed by atoms with Gasteiger partial charge in [-0.25, -0.2) is 0 Å². The molecule has 0 atom stereocenters. The number of ketones is 1. The van der Waals surface area contributed by atoms with Gasteiger partial charge in [0.15, 0.2) is 10.9 Å². The Kier molecular flexibility index (Phi) is 7.46. The molecule has 0 radical (unpaired) electrons. The summed E-state index contributed by atoms with van der Waals surface area (Å²) >= 11 is 1.33. The van der Waals surface area contributed by atoms with Gasteiger partial charge >= 0.3 is 0 Å². The van der Waals surface area contributed by atoms with Gasteiger partial charge in [-0.1, -0.05) is 23.9 Å². The fraction of sp³-hybridized carbons (Fsp3) is 0.304. The van der Waals surface area contributed by atoms with Crippen molar-refractivity contribution in [1.29, 1.82) is 0 Å². The van der Waals surface area contributed by atoms with E-state index in [-0.39, 0.29) is 17.4 Å². The Morgan fingerprint density at radius 1 is 1.10 bits per heavy atom. The Morgan fingerprint density at radius 3 is 2.55 bits per heavy atom. The number of carbonyl (C=O) groups is 2. The second kappa shape index (κ2) is 10.3. The van der Waals surface area contributed by atoms with Gasteiger partial charge in [0.1, 0.15) is 11.6 Å². The highest BCUT2D eigenvalue weighted by Crippen LogP contribution is 2.20. The number of aryl methyl sites for hydroxylation is 2. The Balaban J connectivity index is 1.53. The topological polar surface area (TPSA) is 86.1 Å². The Hall–Kier alpha value is -3.13. The molecule has 0 bridgehead atoms. The van der Waals surface area contributed by atoms with Crippen molar-refractivity contribution in [2.75, 3.05) is 18.2 Å². The number of hydrogen-bond acceptors (Lipinski definition) is 6. The van der Waals surface area contributed by atoms with E-state index in [0.29, 0.717) is 35.1 Å². The number of hydrogen-bond donors (Lipinski definition) is 1. The predicted octanol–water partition coefficient (Wildman–Crippen LogP) is 3.99. The maximum atomic E-state index is 12.4.